The summed E-state index contributed by atoms with van der Waals surface area (Å²) in [6, 6.07) is 15.7. The van der Waals surface area contributed by atoms with Gasteiger partial charge in [-0.3, -0.25) is 9.63 Å². The van der Waals surface area contributed by atoms with Crippen LogP contribution in [0.5, 0.6) is 5.75 Å². The van der Waals surface area contributed by atoms with Gasteiger partial charge in [0.25, 0.3) is 0 Å². The maximum Gasteiger partial charge on any atom is 0.325 e. The molecule has 1 fully saturated rings. The number of piperidine rings is 1. The molecular weight excluding hydrogens is 394 g/mol. The molecule has 1 N–H and O–H groups in total. The molecule has 0 aliphatic carbocycles. The van der Waals surface area contributed by atoms with Gasteiger partial charge in [-0.15, -0.1) is 0 Å². The molecule has 156 valence electrons. The maximum atomic E-state index is 13.2. The van der Waals surface area contributed by atoms with Crippen LogP contribution in [0.4, 0.5) is 0 Å². The van der Waals surface area contributed by atoms with Gasteiger partial charge in [0.2, 0.25) is 0 Å². The standard InChI is InChI=1S/C21H25NO6S/c1-27-18-7-9-19(10-8-18)29(25,26)21(20(23)24)12-14-22(15-13-21)28-16-11-17-5-3-2-4-6-17/h2-10H,11-16H2,1H3,(H,23,24). The van der Waals surface area contributed by atoms with Gasteiger partial charge in [-0.05, 0) is 49.1 Å². The fraction of sp³-hybridized carbons (Fsp3) is 0.381. The van der Waals surface area contributed by atoms with Gasteiger partial charge < -0.3 is 9.84 Å². The van der Waals surface area contributed by atoms with E-state index in [-0.39, 0.29) is 30.8 Å². The first-order valence-electron chi connectivity index (χ1n) is 9.43. The molecule has 1 saturated heterocycles. The lowest BCUT2D eigenvalue weighted by Crippen LogP contribution is -2.54. The molecule has 1 aliphatic rings. The first-order chi connectivity index (χ1) is 13.9. The van der Waals surface area contributed by atoms with Gasteiger partial charge in [0.05, 0.1) is 18.6 Å². The number of nitrogens with zero attached hydrogens (tertiary/aromatic N) is 1. The smallest absolute Gasteiger partial charge is 0.325 e. The number of carboxylic acids is 1. The number of rotatable bonds is 8. The van der Waals surface area contributed by atoms with Crippen molar-refractivity contribution in [3.05, 3.63) is 60.2 Å². The topological polar surface area (TPSA) is 93.1 Å². The molecule has 0 unspecified atom stereocenters. The van der Waals surface area contributed by atoms with Crippen molar-refractivity contribution in [2.24, 2.45) is 0 Å². The summed E-state index contributed by atoms with van der Waals surface area (Å²) in [6.07, 6.45) is 0.648. The zero-order valence-corrected chi connectivity index (χ0v) is 17.1. The van der Waals surface area contributed by atoms with E-state index in [4.69, 9.17) is 9.57 Å². The van der Waals surface area contributed by atoms with Crippen LogP contribution in [0.25, 0.3) is 0 Å². The SMILES string of the molecule is COc1ccc(S(=O)(=O)C2(C(=O)O)CCN(OCCc3ccccc3)CC2)cc1. The number of hydrogen-bond acceptors (Lipinski definition) is 6. The highest BCUT2D eigenvalue weighted by atomic mass is 32.2. The van der Waals surface area contributed by atoms with Crippen LogP contribution >= 0.6 is 0 Å². The second-order valence-corrected chi connectivity index (χ2v) is 9.24. The first kappa shape index (κ1) is 21.3. The zero-order chi connectivity index (χ0) is 20.9. The molecule has 8 heteroatoms. The summed E-state index contributed by atoms with van der Waals surface area (Å²) < 4.78 is 29.5. The van der Waals surface area contributed by atoms with Crippen LogP contribution in [-0.2, 0) is 25.9 Å². The largest absolute Gasteiger partial charge is 0.497 e. The average Bonchev–Trinajstić information content (AvgIpc) is 2.74. The van der Waals surface area contributed by atoms with E-state index in [9.17, 15) is 18.3 Å². The van der Waals surface area contributed by atoms with Crippen LogP contribution in [0.15, 0.2) is 59.5 Å². The third-order valence-electron chi connectivity index (χ3n) is 5.31. The number of carboxylic acid groups (broad SMARTS) is 1. The average molecular weight is 419 g/mol. The number of methoxy groups -OCH3 is 1. The lowest BCUT2D eigenvalue weighted by molar-refractivity contribution is -0.176. The predicted octanol–water partition coefficient (Wildman–Crippen LogP) is 2.56. The molecule has 0 saturated carbocycles. The molecule has 2 aromatic carbocycles. The van der Waals surface area contributed by atoms with Crippen molar-refractivity contribution >= 4 is 15.8 Å². The van der Waals surface area contributed by atoms with Crippen LogP contribution in [0.2, 0.25) is 0 Å². The minimum Gasteiger partial charge on any atom is -0.497 e. The van der Waals surface area contributed by atoms with Gasteiger partial charge in [0.15, 0.2) is 14.6 Å². The van der Waals surface area contributed by atoms with Gasteiger partial charge >= 0.3 is 5.97 Å². The molecule has 0 amide bonds. The Balaban J connectivity index is 1.66. The van der Waals surface area contributed by atoms with Crippen LogP contribution in [0.1, 0.15) is 18.4 Å². The van der Waals surface area contributed by atoms with Crippen LogP contribution in [0, 0.1) is 0 Å². The summed E-state index contributed by atoms with van der Waals surface area (Å²) in [6.45, 7) is 0.919. The molecule has 29 heavy (non-hydrogen) atoms. The molecule has 2 aromatic rings. The Bertz CT molecular complexity index is 919. The highest BCUT2D eigenvalue weighted by molar-refractivity contribution is 7.93. The van der Waals surface area contributed by atoms with Gasteiger partial charge in [-0.1, -0.05) is 30.3 Å². The van der Waals surface area contributed by atoms with Crippen LogP contribution in [0.3, 0.4) is 0 Å². The van der Waals surface area contributed by atoms with E-state index in [2.05, 4.69) is 0 Å². The number of hydroxylamine groups is 2. The summed E-state index contributed by atoms with van der Waals surface area (Å²) >= 11 is 0. The van der Waals surface area contributed by atoms with Crippen molar-refractivity contribution in [2.45, 2.75) is 28.9 Å². The molecule has 0 spiro atoms. The number of ether oxygens (including phenoxy) is 1. The fourth-order valence-corrected chi connectivity index (χ4v) is 5.39. The van der Waals surface area contributed by atoms with E-state index in [1.807, 2.05) is 30.3 Å². The Morgan fingerprint density at radius 2 is 1.69 bits per heavy atom. The van der Waals surface area contributed by atoms with Crippen molar-refractivity contribution in [2.75, 3.05) is 26.8 Å². The molecule has 1 heterocycles. The molecule has 0 radical (unpaired) electrons. The van der Waals surface area contributed by atoms with Crippen molar-refractivity contribution in [1.29, 1.82) is 0 Å². The van der Waals surface area contributed by atoms with Crippen LogP contribution < -0.4 is 4.74 Å². The molecular formula is C21H25NO6S. The van der Waals surface area contributed by atoms with E-state index in [1.54, 1.807) is 5.06 Å². The lowest BCUT2D eigenvalue weighted by atomic mass is 9.97. The Labute approximate surface area is 170 Å². The summed E-state index contributed by atoms with van der Waals surface area (Å²) in [5.41, 5.74) is 1.14. The Morgan fingerprint density at radius 1 is 1.07 bits per heavy atom. The first-order valence-corrected chi connectivity index (χ1v) is 10.9. The predicted molar refractivity (Wildman–Crippen MR) is 107 cm³/mol. The van der Waals surface area contributed by atoms with E-state index in [1.165, 1.54) is 31.4 Å². The van der Waals surface area contributed by atoms with E-state index < -0.39 is 20.6 Å². The summed E-state index contributed by atoms with van der Waals surface area (Å²) in [5.74, 6) is -0.813. The number of sulfone groups is 1. The summed E-state index contributed by atoms with van der Waals surface area (Å²) in [5, 5.41) is 11.5. The number of aliphatic carboxylic acids is 1. The quantitative estimate of drug-likeness (QED) is 0.703. The van der Waals surface area contributed by atoms with E-state index >= 15 is 0 Å². The van der Waals surface area contributed by atoms with Crippen LogP contribution in [-0.4, -0.2) is 56.1 Å². The van der Waals surface area contributed by atoms with Gasteiger partial charge in [0, 0.05) is 13.1 Å². The third-order valence-corrected chi connectivity index (χ3v) is 7.82. The Hall–Kier alpha value is -2.42. The molecule has 7 nitrogen and oxygen atoms in total. The van der Waals surface area contributed by atoms with E-state index in [0.29, 0.717) is 12.4 Å². The van der Waals surface area contributed by atoms with Crippen molar-refractivity contribution in [3.8, 4) is 5.75 Å². The highest BCUT2D eigenvalue weighted by Crippen LogP contribution is 2.36. The number of benzene rings is 2. The summed E-state index contributed by atoms with van der Waals surface area (Å²) in [7, 11) is -2.59. The fourth-order valence-electron chi connectivity index (χ4n) is 3.49. The number of hydrogen-bond donors (Lipinski definition) is 1. The zero-order valence-electron chi connectivity index (χ0n) is 16.3. The molecule has 0 bridgehead atoms. The van der Waals surface area contributed by atoms with Crippen molar-refractivity contribution < 1.29 is 27.9 Å². The highest BCUT2D eigenvalue weighted by Gasteiger charge is 2.53. The van der Waals surface area contributed by atoms with Gasteiger partial charge in [0.1, 0.15) is 5.75 Å². The van der Waals surface area contributed by atoms with Crippen molar-refractivity contribution in [1.82, 2.24) is 5.06 Å². The summed E-state index contributed by atoms with van der Waals surface area (Å²) in [4.78, 5) is 17.8. The maximum absolute atomic E-state index is 13.2. The number of carbonyl (C=O) groups is 1. The van der Waals surface area contributed by atoms with Gasteiger partial charge in [-0.2, -0.15) is 5.06 Å². The normalized spacial score (nSPS) is 17.0. The minimum atomic E-state index is -4.07. The van der Waals surface area contributed by atoms with E-state index in [0.717, 1.165) is 12.0 Å². The molecule has 3 rings (SSSR count). The molecule has 1 aliphatic heterocycles. The Kier molecular flexibility index (Phi) is 6.56. The minimum absolute atomic E-state index is 0.0147. The second-order valence-electron chi connectivity index (χ2n) is 6.98. The monoisotopic (exact) mass is 419 g/mol. The molecule has 0 atom stereocenters. The third kappa shape index (κ3) is 4.44. The van der Waals surface area contributed by atoms with Gasteiger partial charge in [-0.25, -0.2) is 8.42 Å². The lowest BCUT2D eigenvalue weighted by Gasteiger charge is -2.37. The molecule has 0 aromatic heterocycles. The van der Waals surface area contributed by atoms with Crippen molar-refractivity contribution in [3.63, 3.8) is 0 Å². The second kappa shape index (κ2) is 8.94. The Morgan fingerprint density at radius 3 is 2.24 bits per heavy atom.